The molecule has 0 amide bonds. The maximum atomic E-state index is 8.52. The highest BCUT2D eigenvalue weighted by Crippen LogP contribution is 2.31. The van der Waals surface area contributed by atoms with Crippen LogP contribution < -0.4 is 14.8 Å². The van der Waals surface area contributed by atoms with Crippen LogP contribution in [0.4, 0.5) is 0 Å². The van der Waals surface area contributed by atoms with Crippen LogP contribution in [-0.2, 0) is 0 Å². The molecule has 0 atom stereocenters. The molecule has 4 heteroatoms. The SMILES string of the molecule is COc1cc(C2=CCNCC2)ccc1OCC#N. The minimum atomic E-state index is 0.0301. The van der Waals surface area contributed by atoms with Crippen molar-refractivity contribution >= 4 is 5.57 Å². The standard InChI is InChI=1S/C14H16N2O2/c1-17-14-10-12(11-4-7-16-8-5-11)2-3-13(14)18-9-6-15/h2-4,10,16H,5,7-9H2,1H3. The third-order valence-electron chi connectivity index (χ3n) is 2.89. The van der Waals surface area contributed by atoms with Crippen LogP contribution in [0, 0.1) is 11.3 Å². The molecule has 0 saturated heterocycles. The fourth-order valence-electron chi connectivity index (χ4n) is 1.98. The van der Waals surface area contributed by atoms with Gasteiger partial charge in [-0.2, -0.15) is 5.26 Å². The molecule has 0 fully saturated rings. The molecule has 0 unspecified atom stereocenters. The average molecular weight is 244 g/mol. The number of hydrogen-bond donors (Lipinski definition) is 1. The number of benzene rings is 1. The van der Waals surface area contributed by atoms with E-state index in [2.05, 4.69) is 11.4 Å². The Hall–Kier alpha value is -1.99. The Morgan fingerprint density at radius 2 is 2.28 bits per heavy atom. The van der Waals surface area contributed by atoms with Gasteiger partial charge in [-0.3, -0.25) is 0 Å². The third kappa shape index (κ3) is 2.82. The van der Waals surface area contributed by atoms with Gasteiger partial charge < -0.3 is 14.8 Å². The number of methoxy groups -OCH3 is 1. The second kappa shape index (κ2) is 6.08. The van der Waals surface area contributed by atoms with Crippen molar-refractivity contribution in [2.75, 3.05) is 26.8 Å². The van der Waals surface area contributed by atoms with Gasteiger partial charge in [-0.15, -0.1) is 0 Å². The molecule has 0 spiro atoms. The molecule has 0 bridgehead atoms. The molecule has 94 valence electrons. The second-order valence-electron chi connectivity index (χ2n) is 4.00. The van der Waals surface area contributed by atoms with Crippen molar-refractivity contribution in [2.24, 2.45) is 0 Å². The molecule has 0 aromatic heterocycles. The normalized spacial score (nSPS) is 14.6. The average Bonchev–Trinajstić information content (AvgIpc) is 2.46. The molecule has 1 aromatic rings. The Morgan fingerprint density at radius 1 is 1.39 bits per heavy atom. The molecule has 0 saturated carbocycles. The van der Waals surface area contributed by atoms with Crippen molar-refractivity contribution in [3.63, 3.8) is 0 Å². The summed E-state index contributed by atoms with van der Waals surface area (Å²) in [4.78, 5) is 0. The fraction of sp³-hybridized carbons (Fsp3) is 0.357. The van der Waals surface area contributed by atoms with Crippen molar-refractivity contribution in [2.45, 2.75) is 6.42 Å². The van der Waals surface area contributed by atoms with Gasteiger partial charge in [-0.05, 0) is 36.2 Å². The lowest BCUT2D eigenvalue weighted by atomic mass is 10.00. The van der Waals surface area contributed by atoms with E-state index in [4.69, 9.17) is 14.7 Å². The van der Waals surface area contributed by atoms with Gasteiger partial charge >= 0.3 is 0 Å². The summed E-state index contributed by atoms with van der Waals surface area (Å²) in [5.74, 6) is 1.28. The molecular weight excluding hydrogens is 228 g/mol. The topological polar surface area (TPSA) is 54.3 Å². The first kappa shape index (κ1) is 12.5. The number of hydrogen-bond acceptors (Lipinski definition) is 4. The highest BCUT2D eigenvalue weighted by atomic mass is 16.5. The van der Waals surface area contributed by atoms with E-state index in [1.807, 2.05) is 24.3 Å². The predicted octanol–water partition coefficient (Wildman–Crippen LogP) is 1.97. The Labute approximate surface area is 107 Å². The van der Waals surface area contributed by atoms with Crippen molar-refractivity contribution in [3.8, 4) is 17.6 Å². The van der Waals surface area contributed by atoms with Gasteiger partial charge in [0.15, 0.2) is 18.1 Å². The summed E-state index contributed by atoms with van der Waals surface area (Å²) >= 11 is 0. The Bertz CT molecular complexity index is 489. The van der Waals surface area contributed by atoms with Crippen LogP contribution in [0.25, 0.3) is 5.57 Å². The number of ether oxygens (including phenoxy) is 2. The van der Waals surface area contributed by atoms with Gasteiger partial charge in [0.05, 0.1) is 7.11 Å². The van der Waals surface area contributed by atoms with Crippen molar-refractivity contribution < 1.29 is 9.47 Å². The number of rotatable bonds is 4. The lowest BCUT2D eigenvalue weighted by molar-refractivity contribution is 0.329. The zero-order valence-corrected chi connectivity index (χ0v) is 10.4. The first-order valence-electron chi connectivity index (χ1n) is 5.93. The van der Waals surface area contributed by atoms with Crippen molar-refractivity contribution in [1.82, 2.24) is 5.32 Å². The summed E-state index contributed by atoms with van der Waals surface area (Å²) in [7, 11) is 1.61. The highest BCUT2D eigenvalue weighted by molar-refractivity contribution is 5.69. The molecular formula is C14H16N2O2. The largest absolute Gasteiger partial charge is 0.493 e. The molecule has 0 radical (unpaired) electrons. The molecule has 1 N–H and O–H groups in total. The highest BCUT2D eigenvalue weighted by Gasteiger charge is 2.10. The quantitative estimate of drug-likeness (QED) is 0.879. The minimum Gasteiger partial charge on any atom is -0.493 e. The predicted molar refractivity (Wildman–Crippen MR) is 69.6 cm³/mol. The summed E-state index contributed by atoms with van der Waals surface area (Å²) < 4.78 is 10.6. The molecule has 4 nitrogen and oxygen atoms in total. The van der Waals surface area contributed by atoms with Gasteiger partial charge in [0.2, 0.25) is 0 Å². The lowest BCUT2D eigenvalue weighted by Crippen LogP contribution is -2.20. The van der Waals surface area contributed by atoms with Crippen LogP contribution in [0.1, 0.15) is 12.0 Å². The molecule has 1 aromatic carbocycles. The molecule has 18 heavy (non-hydrogen) atoms. The van der Waals surface area contributed by atoms with Crippen molar-refractivity contribution in [3.05, 3.63) is 29.8 Å². The van der Waals surface area contributed by atoms with E-state index in [0.717, 1.165) is 25.1 Å². The summed E-state index contributed by atoms with van der Waals surface area (Å²) in [6.07, 6.45) is 3.20. The fourth-order valence-corrected chi connectivity index (χ4v) is 1.98. The van der Waals surface area contributed by atoms with Crippen LogP contribution >= 0.6 is 0 Å². The summed E-state index contributed by atoms with van der Waals surface area (Å²) in [6.45, 7) is 1.94. The summed E-state index contributed by atoms with van der Waals surface area (Å²) in [5.41, 5.74) is 2.47. The number of nitrogens with one attached hydrogen (secondary N) is 1. The van der Waals surface area contributed by atoms with E-state index in [1.54, 1.807) is 7.11 Å². The van der Waals surface area contributed by atoms with Crippen LogP contribution in [0.3, 0.4) is 0 Å². The monoisotopic (exact) mass is 244 g/mol. The third-order valence-corrected chi connectivity index (χ3v) is 2.89. The van der Waals surface area contributed by atoms with Crippen LogP contribution in [0.2, 0.25) is 0 Å². The van der Waals surface area contributed by atoms with E-state index in [9.17, 15) is 0 Å². The summed E-state index contributed by atoms with van der Waals surface area (Å²) in [6, 6.07) is 7.77. The van der Waals surface area contributed by atoms with Gasteiger partial charge in [0.1, 0.15) is 6.07 Å². The Balaban J connectivity index is 2.24. The molecule has 1 aliphatic rings. The molecule has 1 heterocycles. The zero-order valence-electron chi connectivity index (χ0n) is 10.4. The number of nitrogens with zero attached hydrogens (tertiary/aromatic N) is 1. The van der Waals surface area contributed by atoms with Gasteiger partial charge in [-0.25, -0.2) is 0 Å². The van der Waals surface area contributed by atoms with E-state index in [-0.39, 0.29) is 6.61 Å². The van der Waals surface area contributed by atoms with Gasteiger partial charge in [0.25, 0.3) is 0 Å². The second-order valence-corrected chi connectivity index (χ2v) is 4.00. The maximum absolute atomic E-state index is 8.52. The van der Waals surface area contributed by atoms with Gasteiger partial charge in [-0.1, -0.05) is 12.1 Å². The number of nitriles is 1. The lowest BCUT2D eigenvalue weighted by Gasteiger charge is -2.16. The molecule has 0 aliphatic carbocycles. The summed E-state index contributed by atoms with van der Waals surface area (Å²) in [5, 5.41) is 11.8. The van der Waals surface area contributed by atoms with Gasteiger partial charge in [0, 0.05) is 6.54 Å². The van der Waals surface area contributed by atoms with Crippen LogP contribution in [0.15, 0.2) is 24.3 Å². The van der Waals surface area contributed by atoms with E-state index < -0.39 is 0 Å². The van der Waals surface area contributed by atoms with E-state index >= 15 is 0 Å². The van der Waals surface area contributed by atoms with Crippen LogP contribution in [0.5, 0.6) is 11.5 Å². The Morgan fingerprint density at radius 3 is 2.94 bits per heavy atom. The van der Waals surface area contributed by atoms with Crippen molar-refractivity contribution in [1.29, 1.82) is 5.26 Å². The first-order valence-corrected chi connectivity index (χ1v) is 5.93. The van der Waals surface area contributed by atoms with E-state index in [0.29, 0.717) is 11.5 Å². The van der Waals surface area contributed by atoms with Crippen LogP contribution in [-0.4, -0.2) is 26.8 Å². The minimum absolute atomic E-state index is 0.0301. The maximum Gasteiger partial charge on any atom is 0.174 e. The smallest absolute Gasteiger partial charge is 0.174 e. The first-order chi connectivity index (χ1) is 8.85. The molecule has 1 aliphatic heterocycles. The van der Waals surface area contributed by atoms with E-state index in [1.165, 1.54) is 5.57 Å². The zero-order chi connectivity index (χ0) is 12.8. The Kier molecular flexibility index (Phi) is 4.21. The molecule has 2 rings (SSSR count).